The van der Waals surface area contributed by atoms with Crippen LogP contribution in [0.4, 0.5) is 10.2 Å². The number of carbonyl (C=O) groups is 1. The SMILES string of the molecule is CCOC(=O)c1cnc(SCc2ccc(F)cc2Cl)nc1N. The lowest BCUT2D eigenvalue weighted by atomic mass is 10.2. The van der Waals surface area contributed by atoms with Crippen LogP contribution in [0.5, 0.6) is 0 Å². The van der Waals surface area contributed by atoms with Crippen LogP contribution < -0.4 is 5.73 Å². The summed E-state index contributed by atoms with van der Waals surface area (Å²) in [6, 6.07) is 4.18. The van der Waals surface area contributed by atoms with Crippen molar-refractivity contribution >= 4 is 35.1 Å². The van der Waals surface area contributed by atoms with Crippen molar-refractivity contribution in [2.24, 2.45) is 0 Å². The topological polar surface area (TPSA) is 78.1 Å². The summed E-state index contributed by atoms with van der Waals surface area (Å²) in [5, 5.41) is 0.731. The minimum absolute atomic E-state index is 0.0566. The maximum absolute atomic E-state index is 13.0. The predicted molar refractivity (Wildman–Crippen MR) is 83.4 cm³/mol. The molecule has 2 aromatic rings. The quantitative estimate of drug-likeness (QED) is 0.510. The standard InChI is InChI=1S/C14H13ClFN3O2S/c1-2-21-13(20)10-6-18-14(19-12(10)17)22-7-8-3-4-9(16)5-11(8)15/h3-6H,2,7H2,1H3,(H2,17,18,19). The highest BCUT2D eigenvalue weighted by Crippen LogP contribution is 2.26. The molecule has 0 atom stereocenters. The van der Waals surface area contributed by atoms with E-state index in [-0.39, 0.29) is 18.0 Å². The highest BCUT2D eigenvalue weighted by molar-refractivity contribution is 7.98. The van der Waals surface area contributed by atoms with Crippen molar-refractivity contribution in [3.8, 4) is 0 Å². The molecule has 2 rings (SSSR count). The first-order valence-corrected chi connectivity index (χ1v) is 7.74. The fourth-order valence-electron chi connectivity index (χ4n) is 1.59. The number of nitrogens with two attached hydrogens (primary N) is 1. The Bertz CT molecular complexity index is 700. The lowest BCUT2D eigenvalue weighted by Crippen LogP contribution is -2.10. The number of esters is 1. The van der Waals surface area contributed by atoms with Gasteiger partial charge in [-0.05, 0) is 24.6 Å². The minimum atomic E-state index is -0.557. The zero-order chi connectivity index (χ0) is 16.1. The molecule has 0 amide bonds. The van der Waals surface area contributed by atoms with Crippen LogP contribution in [0, 0.1) is 5.82 Å². The summed E-state index contributed by atoms with van der Waals surface area (Å²) in [4.78, 5) is 19.7. The monoisotopic (exact) mass is 341 g/mol. The van der Waals surface area contributed by atoms with E-state index in [0.29, 0.717) is 15.9 Å². The number of carbonyl (C=O) groups excluding carboxylic acids is 1. The van der Waals surface area contributed by atoms with E-state index >= 15 is 0 Å². The van der Waals surface area contributed by atoms with Crippen molar-refractivity contribution in [1.29, 1.82) is 0 Å². The van der Waals surface area contributed by atoms with E-state index in [0.717, 1.165) is 5.56 Å². The summed E-state index contributed by atoms with van der Waals surface area (Å²) >= 11 is 7.23. The van der Waals surface area contributed by atoms with Crippen molar-refractivity contribution < 1.29 is 13.9 Å². The van der Waals surface area contributed by atoms with Gasteiger partial charge in [-0.2, -0.15) is 0 Å². The Kier molecular flexibility index (Phi) is 5.57. The number of benzene rings is 1. The summed E-state index contributed by atoms with van der Waals surface area (Å²) in [6.45, 7) is 1.95. The van der Waals surface area contributed by atoms with Crippen molar-refractivity contribution in [2.75, 3.05) is 12.3 Å². The van der Waals surface area contributed by atoms with Crippen molar-refractivity contribution in [1.82, 2.24) is 9.97 Å². The Hall–Kier alpha value is -1.86. The molecular weight excluding hydrogens is 329 g/mol. The molecule has 2 N–H and O–H groups in total. The molecular formula is C14H13ClFN3O2S. The lowest BCUT2D eigenvalue weighted by Gasteiger charge is -2.06. The molecule has 1 heterocycles. The largest absolute Gasteiger partial charge is 0.462 e. The van der Waals surface area contributed by atoms with Gasteiger partial charge in [-0.3, -0.25) is 0 Å². The van der Waals surface area contributed by atoms with E-state index in [4.69, 9.17) is 22.1 Å². The zero-order valence-corrected chi connectivity index (χ0v) is 13.2. The van der Waals surface area contributed by atoms with Gasteiger partial charge in [0.05, 0.1) is 6.61 Å². The Morgan fingerprint density at radius 3 is 2.91 bits per heavy atom. The normalized spacial score (nSPS) is 10.5. The fourth-order valence-corrected chi connectivity index (χ4v) is 2.73. The molecule has 0 aliphatic heterocycles. The van der Waals surface area contributed by atoms with E-state index in [9.17, 15) is 9.18 Å². The number of hydrogen-bond acceptors (Lipinski definition) is 6. The smallest absolute Gasteiger partial charge is 0.343 e. The molecule has 0 radical (unpaired) electrons. The number of halogens is 2. The van der Waals surface area contributed by atoms with E-state index < -0.39 is 11.8 Å². The molecule has 0 saturated carbocycles. The summed E-state index contributed by atoms with van der Waals surface area (Å²) in [7, 11) is 0. The number of anilines is 1. The molecule has 0 saturated heterocycles. The van der Waals surface area contributed by atoms with Gasteiger partial charge in [0.25, 0.3) is 0 Å². The molecule has 5 nitrogen and oxygen atoms in total. The van der Waals surface area contributed by atoms with E-state index in [1.54, 1.807) is 13.0 Å². The van der Waals surface area contributed by atoms with Gasteiger partial charge in [0.1, 0.15) is 17.2 Å². The predicted octanol–water partition coefficient (Wildman–Crippen LogP) is 3.32. The number of nitrogen functional groups attached to an aromatic ring is 1. The molecule has 0 spiro atoms. The second-order valence-corrected chi connectivity index (χ2v) is 5.55. The highest BCUT2D eigenvalue weighted by Gasteiger charge is 2.14. The Balaban J connectivity index is 2.08. The van der Waals surface area contributed by atoms with Crippen molar-refractivity contribution in [2.45, 2.75) is 17.8 Å². The van der Waals surface area contributed by atoms with Crippen LogP contribution in [0.1, 0.15) is 22.8 Å². The first-order valence-electron chi connectivity index (χ1n) is 6.37. The summed E-state index contributed by atoms with van der Waals surface area (Å²) < 4.78 is 17.8. The van der Waals surface area contributed by atoms with Crippen molar-refractivity contribution in [3.05, 3.63) is 46.4 Å². The maximum Gasteiger partial charge on any atom is 0.343 e. The van der Waals surface area contributed by atoms with E-state index in [2.05, 4.69) is 9.97 Å². The van der Waals surface area contributed by atoms with E-state index in [1.807, 2.05) is 0 Å². The van der Waals surface area contributed by atoms with Crippen LogP contribution in [0.25, 0.3) is 0 Å². The average Bonchev–Trinajstić information content (AvgIpc) is 2.46. The third-order valence-corrected chi connectivity index (χ3v) is 3.93. The second kappa shape index (κ2) is 7.42. The van der Waals surface area contributed by atoms with Crippen LogP contribution in [0.15, 0.2) is 29.6 Å². The number of rotatable bonds is 5. The molecule has 0 bridgehead atoms. The summed E-state index contributed by atoms with van der Waals surface area (Å²) in [5.41, 5.74) is 6.62. The average molecular weight is 342 g/mol. The molecule has 116 valence electrons. The molecule has 0 aliphatic rings. The number of thioether (sulfide) groups is 1. The van der Waals surface area contributed by atoms with Crippen molar-refractivity contribution in [3.63, 3.8) is 0 Å². The first-order chi connectivity index (χ1) is 10.5. The maximum atomic E-state index is 13.0. The Morgan fingerprint density at radius 1 is 1.50 bits per heavy atom. The third-order valence-electron chi connectivity index (χ3n) is 2.66. The molecule has 1 aromatic carbocycles. The fraction of sp³-hybridized carbons (Fsp3) is 0.214. The molecule has 0 aliphatic carbocycles. The van der Waals surface area contributed by atoms with Gasteiger partial charge < -0.3 is 10.5 Å². The molecule has 8 heteroatoms. The second-order valence-electron chi connectivity index (χ2n) is 4.20. The number of hydrogen-bond donors (Lipinski definition) is 1. The molecule has 1 aromatic heterocycles. The van der Waals surface area contributed by atoms with Gasteiger partial charge in [-0.15, -0.1) is 0 Å². The van der Waals surface area contributed by atoms with Crippen LogP contribution in [-0.4, -0.2) is 22.5 Å². The van der Waals surface area contributed by atoms with Gasteiger partial charge >= 0.3 is 5.97 Å². The van der Waals surface area contributed by atoms with Gasteiger partial charge in [0.2, 0.25) is 0 Å². The molecule has 0 fully saturated rings. The van der Waals surface area contributed by atoms with Gasteiger partial charge in [-0.25, -0.2) is 19.2 Å². The molecule has 0 unspecified atom stereocenters. The van der Waals surface area contributed by atoms with Gasteiger partial charge in [0, 0.05) is 17.0 Å². The first kappa shape index (κ1) is 16.5. The number of aromatic nitrogens is 2. The number of ether oxygens (including phenoxy) is 1. The van der Waals surface area contributed by atoms with Crippen LogP contribution in [0.2, 0.25) is 5.02 Å². The zero-order valence-electron chi connectivity index (χ0n) is 11.7. The Labute approximate surface area is 136 Å². The number of nitrogens with zero attached hydrogens (tertiary/aromatic N) is 2. The lowest BCUT2D eigenvalue weighted by molar-refractivity contribution is 0.0526. The third kappa shape index (κ3) is 4.08. The van der Waals surface area contributed by atoms with Gasteiger partial charge in [-0.1, -0.05) is 29.4 Å². The highest BCUT2D eigenvalue weighted by atomic mass is 35.5. The van der Waals surface area contributed by atoms with Crippen LogP contribution in [-0.2, 0) is 10.5 Å². The van der Waals surface area contributed by atoms with Crippen LogP contribution in [0.3, 0.4) is 0 Å². The Morgan fingerprint density at radius 2 is 2.27 bits per heavy atom. The van der Waals surface area contributed by atoms with E-state index in [1.165, 1.54) is 30.1 Å². The summed E-state index contributed by atoms with van der Waals surface area (Å²) in [5.74, 6) is -0.436. The van der Waals surface area contributed by atoms with Gasteiger partial charge in [0.15, 0.2) is 5.16 Å². The van der Waals surface area contributed by atoms with Crippen LogP contribution >= 0.6 is 23.4 Å². The minimum Gasteiger partial charge on any atom is -0.462 e. The molecule has 22 heavy (non-hydrogen) atoms. The summed E-state index contributed by atoms with van der Waals surface area (Å²) in [6.07, 6.45) is 1.33.